The Morgan fingerprint density at radius 3 is 2.84 bits per heavy atom. The number of rotatable bonds is 5. The Hall–Kier alpha value is -2.24. The molecule has 19 heavy (non-hydrogen) atoms. The molecule has 1 heterocycles. The number of carbonyl (C=O) groups is 2. The normalized spacial score (nSPS) is 16.3. The number of urea groups is 1. The standard InChI is InChI=1S/C13H16N2O4/c16-12(17)5-6-14-13(18)15-8-10-7-9-3-1-2-4-11(9)19-10/h1-4,10H,5-8H2,(H,16,17)(H2,14,15,18). The van der Waals surface area contributed by atoms with E-state index in [9.17, 15) is 9.59 Å². The Labute approximate surface area is 110 Å². The van der Waals surface area contributed by atoms with Crippen molar-refractivity contribution in [2.75, 3.05) is 13.1 Å². The summed E-state index contributed by atoms with van der Waals surface area (Å²) >= 11 is 0. The fraction of sp³-hybridized carbons (Fsp3) is 0.385. The van der Waals surface area contributed by atoms with E-state index >= 15 is 0 Å². The van der Waals surface area contributed by atoms with Gasteiger partial charge in [-0.3, -0.25) is 4.79 Å². The number of amides is 2. The SMILES string of the molecule is O=C(O)CCNC(=O)NCC1Cc2ccccc2O1. The topological polar surface area (TPSA) is 87.7 Å². The van der Waals surface area contributed by atoms with E-state index in [0.29, 0.717) is 6.54 Å². The summed E-state index contributed by atoms with van der Waals surface area (Å²) in [7, 11) is 0. The molecular weight excluding hydrogens is 248 g/mol. The molecule has 102 valence electrons. The van der Waals surface area contributed by atoms with E-state index in [2.05, 4.69) is 10.6 Å². The van der Waals surface area contributed by atoms with Crippen LogP contribution in [0.25, 0.3) is 0 Å². The van der Waals surface area contributed by atoms with Gasteiger partial charge >= 0.3 is 12.0 Å². The predicted octanol–water partition coefficient (Wildman–Crippen LogP) is 0.764. The lowest BCUT2D eigenvalue weighted by Crippen LogP contribution is -2.41. The van der Waals surface area contributed by atoms with Crippen LogP contribution in [0, 0.1) is 0 Å². The highest BCUT2D eigenvalue weighted by atomic mass is 16.5. The van der Waals surface area contributed by atoms with Crippen LogP contribution in [0.3, 0.4) is 0 Å². The van der Waals surface area contributed by atoms with Crippen molar-refractivity contribution in [3.63, 3.8) is 0 Å². The molecule has 0 saturated carbocycles. The fourth-order valence-corrected chi connectivity index (χ4v) is 1.92. The lowest BCUT2D eigenvalue weighted by molar-refractivity contribution is -0.136. The zero-order valence-corrected chi connectivity index (χ0v) is 10.4. The van der Waals surface area contributed by atoms with E-state index in [4.69, 9.17) is 9.84 Å². The second-order valence-corrected chi connectivity index (χ2v) is 4.33. The molecule has 0 aliphatic carbocycles. The second kappa shape index (κ2) is 6.08. The molecule has 1 atom stereocenters. The maximum absolute atomic E-state index is 11.4. The molecule has 6 heteroatoms. The molecule has 2 amide bonds. The number of fused-ring (bicyclic) bond motifs is 1. The Morgan fingerprint density at radius 2 is 2.11 bits per heavy atom. The van der Waals surface area contributed by atoms with Gasteiger partial charge in [0.05, 0.1) is 13.0 Å². The molecule has 1 aliphatic heterocycles. The van der Waals surface area contributed by atoms with Crippen LogP contribution in [-0.2, 0) is 11.2 Å². The van der Waals surface area contributed by atoms with Crippen molar-refractivity contribution in [2.45, 2.75) is 18.9 Å². The van der Waals surface area contributed by atoms with Gasteiger partial charge < -0.3 is 20.5 Å². The Morgan fingerprint density at radius 1 is 1.32 bits per heavy atom. The van der Waals surface area contributed by atoms with Crippen molar-refractivity contribution < 1.29 is 19.4 Å². The van der Waals surface area contributed by atoms with Crippen LogP contribution in [0.1, 0.15) is 12.0 Å². The van der Waals surface area contributed by atoms with Crippen LogP contribution in [-0.4, -0.2) is 36.3 Å². The van der Waals surface area contributed by atoms with Crippen LogP contribution in [0.2, 0.25) is 0 Å². The fourth-order valence-electron chi connectivity index (χ4n) is 1.92. The van der Waals surface area contributed by atoms with E-state index < -0.39 is 5.97 Å². The molecule has 1 aromatic carbocycles. The number of benzene rings is 1. The number of aliphatic carboxylic acids is 1. The average Bonchev–Trinajstić information content (AvgIpc) is 2.78. The molecule has 0 radical (unpaired) electrons. The summed E-state index contributed by atoms with van der Waals surface area (Å²) in [4.78, 5) is 21.7. The van der Waals surface area contributed by atoms with Crippen molar-refractivity contribution in [1.82, 2.24) is 10.6 Å². The van der Waals surface area contributed by atoms with Gasteiger partial charge in [-0.05, 0) is 11.6 Å². The van der Waals surface area contributed by atoms with Gasteiger partial charge in [-0.25, -0.2) is 4.79 Å². The number of ether oxygens (including phenoxy) is 1. The molecule has 0 aromatic heterocycles. The summed E-state index contributed by atoms with van der Waals surface area (Å²) in [5.41, 5.74) is 1.14. The predicted molar refractivity (Wildman–Crippen MR) is 68.2 cm³/mol. The molecule has 2 rings (SSSR count). The third kappa shape index (κ3) is 3.87. The number of carboxylic acid groups (broad SMARTS) is 1. The summed E-state index contributed by atoms with van der Waals surface area (Å²) in [6, 6.07) is 7.40. The van der Waals surface area contributed by atoms with Gasteiger partial charge in [0.2, 0.25) is 0 Å². The minimum Gasteiger partial charge on any atom is -0.488 e. The van der Waals surface area contributed by atoms with Crippen LogP contribution >= 0.6 is 0 Å². The Kier molecular flexibility index (Phi) is 4.22. The van der Waals surface area contributed by atoms with Crippen LogP contribution in [0.15, 0.2) is 24.3 Å². The minimum absolute atomic E-state index is 0.0670. The number of para-hydroxylation sites is 1. The minimum atomic E-state index is -0.935. The second-order valence-electron chi connectivity index (χ2n) is 4.33. The number of carbonyl (C=O) groups excluding carboxylic acids is 1. The molecule has 1 aliphatic rings. The van der Waals surface area contributed by atoms with Gasteiger partial charge in [-0.15, -0.1) is 0 Å². The van der Waals surface area contributed by atoms with Crippen LogP contribution in [0.5, 0.6) is 5.75 Å². The maximum atomic E-state index is 11.4. The first-order valence-electron chi connectivity index (χ1n) is 6.13. The molecule has 6 nitrogen and oxygen atoms in total. The highest BCUT2D eigenvalue weighted by molar-refractivity contribution is 5.75. The molecule has 0 bridgehead atoms. The summed E-state index contributed by atoms with van der Waals surface area (Å²) in [6.07, 6.45) is 0.618. The molecule has 1 aromatic rings. The highest BCUT2D eigenvalue weighted by Crippen LogP contribution is 2.27. The summed E-state index contributed by atoms with van der Waals surface area (Å²) < 4.78 is 5.66. The number of nitrogens with one attached hydrogen (secondary N) is 2. The van der Waals surface area contributed by atoms with Crippen LogP contribution < -0.4 is 15.4 Å². The van der Waals surface area contributed by atoms with Gasteiger partial charge in [-0.2, -0.15) is 0 Å². The van der Waals surface area contributed by atoms with E-state index in [0.717, 1.165) is 17.7 Å². The molecular formula is C13H16N2O4. The zero-order chi connectivity index (χ0) is 13.7. The molecule has 3 N–H and O–H groups in total. The quantitative estimate of drug-likeness (QED) is 0.732. The van der Waals surface area contributed by atoms with E-state index in [1.807, 2.05) is 24.3 Å². The lowest BCUT2D eigenvalue weighted by atomic mass is 10.1. The third-order valence-corrected chi connectivity index (χ3v) is 2.83. The lowest BCUT2D eigenvalue weighted by Gasteiger charge is -2.12. The molecule has 0 spiro atoms. The summed E-state index contributed by atoms with van der Waals surface area (Å²) in [6.45, 7) is 0.514. The van der Waals surface area contributed by atoms with Gasteiger partial charge in [0.1, 0.15) is 11.9 Å². The van der Waals surface area contributed by atoms with Crippen molar-refractivity contribution in [1.29, 1.82) is 0 Å². The third-order valence-electron chi connectivity index (χ3n) is 2.83. The van der Waals surface area contributed by atoms with Crippen molar-refractivity contribution in [3.8, 4) is 5.75 Å². The average molecular weight is 264 g/mol. The zero-order valence-electron chi connectivity index (χ0n) is 10.4. The van der Waals surface area contributed by atoms with Gasteiger partial charge in [0.15, 0.2) is 0 Å². The smallest absolute Gasteiger partial charge is 0.314 e. The molecule has 0 saturated heterocycles. The number of carboxylic acids is 1. The Balaban J connectivity index is 1.67. The first kappa shape index (κ1) is 13.2. The maximum Gasteiger partial charge on any atom is 0.314 e. The van der Waals surface area contributed by atoms with E-state index in [1.165, 1.54) is 0 Å². The molecule has 0 fully saturated rings. The first-order valence-corrected chi connectivity index (χ1v) is 6.13. The van der Waals surface area contributed by atoms with Crippen molar-refractivity contribution >= 4 is 12.0 Å². The van der Waals surface area contributed by atoms with Crippen molar-refractivity contribution in [2.24, 2.45) is 0 Å². The van der Waals surface area contributed by atoms with E-state index in [1.54, 1.807) is 0 Å². The number of hydrogen-bond acceptors (Lipinski definition) is 3. The monoisotopic (exact) mass is 264 g/mol. The Bertz CT molecular complexity index is 450. The van der Waals surface area contributed by atoms with E-state index in [-0.39, 0.29) is 25.1 Å². The first-order chi connectivity index (χ1) is 9.15. The highest BCUT2D eigenvalue weighted by Gasteiger charge is 2.22. The molecule has 1 unspecified atom stereocenters. The van der Waals surface area contributed by atoms with Crippen molar-refractivity contribution in [3.05, 3.63) is 29.8 Å². The summed E-state index contributed by atoms with van der Waals surface area (Å²) in [5, 5.41) is 13.6. The summed E-state index contributed by atoms with van der Waals surface area (Å²) in [5.74, 6) is -0.0736. The van der Waals surface area contributed by atoms with Gasteiger partial charge in [0.25, 0.3) is 0 Å². The van der Waals surface area contributed by atoms with Gasteiger partial charge in [0, 0.05) is 13.0 Å². The largest absolute Gasteiger partial charge is 0.488 e. The van der Waals surface area contributed by atoms with Crippen LogP contribution in [0.4, 0.5) is 4.79 Å². The van der Waals surface area contributed by atoms with Gasteiger partial charge in [-0.1, -0.05) is 18.2 Å². The number of hydrogen-bond donors (Lipinski definition) is 3.